The van der Waals surface area contributed by atoms with Gasteiger partial charge in [0.25, 0.3) is 0 Å². The number of oxazole rings is 1. The maximum absolute atomic E-state index is 12.3. The Morgan fingerprint density at radius 3 is 2.52 bits per heavy atom. The van der Waals surface area contributed by atoms with Crippen LogP contribution in [0.4, 0.5) is 5.69 Å². The first kappa shape index (κ1) is 20.4. The minimum atomic E-state index is -3.77. The van der Waals surface area contributed by atoms with Gasteiger partial charge in [-0.3, -0.25) is 9.59 Å². The third-order valence-corrected chi connectivity index (χ3v) is 5.56. The van der Waals surface area contributed by atoms with Gasteiger partial charge < -0.3 is 9.73 Å². The van der Waals surface area contributed by atoms with Crippen LogP contribution in [0.25, 0.3) is 11.3 Å². The summed E-state index contributed by atoms with van der Waals surface area (Å²) in [5.41, 5.74) is 1.75. The molecule has 2 aromatic carbocycles. The normalized spacial score (nSPS) is 11.2. The number of sulfonamides is 1. The maximum atomic E-state index is 12.3. The zero-order chi connectivity index (χ0) is 20.9. The number of hydrogen-bond donors (Lipinski definition) is 2. The predicted molar refractivity (Wildman–Crippen MR) is 107 cm³/mol. The Balaban J connectivity index is 1.54. The van der Waals surface area contributed by atoms with Crippen LogP contribution in [0.5, 0.6) is 0 Å². The lowest BCUT2D eigenvalue weighted by molar-refractivity contribution is -0.116. The molecule has 8 nitrogen and oxygen atoms in total. The summed E-state index contributed by atoms with van der Waals surface area (Å²) in [5, 5.41) is 2.72. The van der Waals surface area contributed by atoms with Crippen molar-refractivity contribution in [2.45, 2.75) is 18.2 Å². The van der Waals surface area contributed by atoms with Gasteiger partial charge in [-0.05, 0) is 31.2 Å². The number of amides is 1. The highest BCUT2D eigenvalue weighted by Gasteiger charge is 2.15. The molecule has 0 bridgehead atoms. The number of carbonyl (C=O) groups excluding carboxylic acids is 2. The number of rotatable bonds is 8. The largest absolute Gasteiger partial charge is 0.444 e. The second-order valence-corrected chi connectivity index (χ2v) is 7.99. The lowest BCUT2D eigenvalue weighted by atomic mass is 10.1. The molecule has 0 spiro atoms. The van der Waals surface area contributed by atoms with Gasteiger partial charge in [-0.25, -0.2) is 18.1 Å². The number of anilines is 1. The van der Waals surface area contributed by atoms with Crippen LogP contribution in [0.15, 0.2) is 70.4 Å². The fourth-order valence-electron chi connectivity index (χ4n) is 2.58. The molecule has 0 fully saturated rings. The molecular formula is C20H19N3O5S. The first-order valence-corrected chi connectivity index (χ1v) is 10.2. The van der Waals surface area contributed by atoms with E-state index in [1.165, 1.54) is 37.6 Å². The minimum absolute atomic E-state index is 0.0302. The molecule has 3 aromatic rings. The average Bonchev–Trinajstić information content (AvgIpc) is 3.23. The van der Waals surface area contributed by atoms with Gasteiger partial charge in [-0.2, -0.15) is 0 Å². The Bertz CT molecular complexity index is 1110. The van der Waals surface area contributed by atoms with E-state index in [0.29, 0.717) is 17.0 Å². The number of nitrogens with one attached hydrogen (secondary N) is 2. The quantitative estimate of drug-likeness (QED) is 0.548. The highest BCUT2D eigenvalue weighted by molar-refractivity contribution is 7.89. The molecule has 2 N–H and O–H groups in total. The van der Waals surface area contributed by atoms with Crippen LogP contribution in [0.2, 0.25) is 0 Å². The molecule has 0 atom stereocenters. The molecule has 0 unspecified atom stereocenters. The van der Waals surface area contributed by atoms with Crippen molar-refractivity contribution in [1.29, 1.82) is 0 Å². The van der Waals surface area contributed by atoms with Gasteiger partial charge in [0.1, 0.15) is 0 Å². The average molecular weight is 413 g/mol. The Labute approximate surface area is 168 Å². The SMILES string of the molecule is CC(=O)c1ccc(S(=O)(=O)NCCC(=O)Nc2cccc(-c3cnco3)c2)cc1. The number of benzene rings is 2. The van der Waals surface area contributed by atoms with Crippen LogP contribution in [0.1, 0.15) is 23.7 Å². The lowest BCUT2D eigenvalue weighted by Crippen LogP contribution is -2.27. The molecule has 0 saturated carbocycles. The van der Waals surface area contributed by atoms with Crippen LogP contribution in [-0.4, -0.2) is 31.6 Å². The zero-order valence-electron chi connectivity index (χ0n) is 15.6. The Kier molecular flexibility index (Phi) is 6.20. The molecule has 1 aromatic heterocycles. The molecule has 0 aliphatic carbocycles. The van der Waals surface area contributed by atoms with E-state index in [-0.39, 0.29) is 29.6 Å². The van der Waals surface area contributed by atoms with Crippen LogP contribution in [0, 0.1) is 0 Å². The van der Waals surface area contributed by atoms with Crippen LogP contribution in [0.3, 0.4) is 0 Å². The van der Waals surface area contributed by atoms with Gasteiger partial charge in [-0.1, -0.05) is 24.3 Å². The smallest absolute Gasteiger partial charge is 0.240 e. The monoisotopic (exact) mass is 413 g/mol. The second kappa shape index (κ2) is 8.80. The summed E-state index contributed by atoms with van der Waals surface area (Å²) < 4.78 is 32.2. The van der Waals surface area contributed by atoms with Crippen molar-refractivity contribution in [2.75, 3.05) is 11.9 Å². The predicted octanol–water partition coefficient (Wildman–Crippen LogP) is 2.85. The Morgan fingerprint density at radius 1 is 1.10 bits per heavy atom. The summed E-state index contributed by atoms with van der Waals surface area (Å²) in [7, 11) is -3.77. The topological polar surface area (TPSA) is 118 Å². The molecule has 0 saturated heterocycles. The van der Waals surface area contributed by atoms with E-state index in [0.717, 1.165) is 5.56 Å². The molecular weight excluding hydrogens is 394 g/mol. The van der Waals surface area contributed by atoms with Gasteiger partial charge in [0.15, 0.2) is 17.9 Å². The van der Waals surface area contributed by atoms with Crippen LogP contribution < -0.4 is 10.0 Å². The summed E-state index contributed by atoms with van der Waals surface area (Å²) in [6.45, 7) is 1.34. The van der Waals surface area contributed by atoms with Crippen LogP contribution >= 0.6 is 0 Å². The van der Waals surface area contributed by atoms with Gasteiger partial charge >= 0.3 is 0 Å². The summed E-state index contributed by atoms with van der Waals surface area (Å²) in [6, 6.07) is 12.7. The molecule has 9 heteroatoms. The maximum Gasteiger partial charge on any atom is 0.240 e. The summed E-state index contributed by atoms with van der Waals surface area (Å²) in [4.78, 5) is 27.3. The fraction of sp³-hybridized carbons (Fsp3) is 0.150. The molecule has 29 heavy (non-hydrogen) atoms. The first-order valence-electron chi connectivity index (χ1n) is 8.74. The Morgan fingerprint density at radius 2 is 1.86 bits per heavy atom. The number of hydrogen-bond acceptors (Lipinski definition) is 6. The molecule has 150 valence electrons. The fourth-order valence-corrected chi connectivity index (χ4v) is 3.61. The van der Waals surface area contributed by atoms with E-state index in [1.54, 1.807) is 24.4 Å². The number of ketones is 1. The van der Waals surface area contributed by atoms with Crippen molar-refractivity contribution in [2.24, 2.45) is 0 Å². The lowest BCUT2D eigenvalue weighted by Gasteiger charge is -2.09. The van der Waals surface area contributed by atoms with E-state index in [9.17, 15) is 18.0 Å². The summed E-state index contributed by atoms with van der Waals surface area (Å²) >= 11 is 0. The second-order valence-electron chi connectivity index (χ2n) is 6.22. The van der Waals surface area contributed by atoms with Crippen molar-refractivity contribution in [1.82, 2.24) is 9.71 Å². The van der Waals surface area contributed by atoms with E-state index in [2.05, 4.69) is 15.0 Å². The van der Waals surface area contributed by atoms with Gasteiger partial charge in [0.05, 0.1) is 11.1 Å². The minimum Gasteiger partial charge on any atom is -0.444 e. The van der Waals surface area contributed by atoms with Crippen molar-refractivity contribution < 1.29 is 22.4 Å². The standard InChI is InChI=1S/C20H19N3O5S/c1-14(24)15-5-7-18(8-6-15)29(26,27)22-10-9-20(25)23-17-4-2-3-16(11-17)19-12-21-13-28-19/h2-8,11-13,22H,9-10H2,1H3,(H,23,25). The molecule has 1 amide bonds. The Hall–Kier alpha value is -3.30. The highest BCUT2D eigenvalue weighted by atomic mass is 32.2. The summed E-state index contributed by atoms with van der Waals surface area (Å²) in [5.74, 6) is 0.0879. The third-order valence-electron chi connectivity index (χ3n) is 4.08. The zero-order valence-corrected chi connectivity index (χ0v) is 16.4. The number of nitrogens with zero attached hydrogens (tertiary/aromatic N) is 1. The first-order chi connectivity index (χ1) is 13.8. The molecule has 1 heterocycles. The molecule has 3 rings (SSSR count). The highest BCUT2D eigenvalue weighted by Crippen LogP contribution is 2.22. The van der Waals surface area contributed by atoms with Crippen molar-refractivity contribution in [3.63, 3.8) is 0 Å². The van der Waals surface area contributed by atoms with Crippen LogP contribution in [-0.2, 0) is 14.8 Å². The third kappa shape index (κ3) is 5.37. The van der Waals surface area contributed by atoms with Gasteiger partial charge in [0.2, 0.25) is 15.9 Å². The van der Waals surface area contributed by atoms with Gasteiger partial charge in [-0.15, -0.1) is 0 Å². The van der Waals surface area contributed by atoms with Gasteiger partial charge in [0, 0.05) is 29.8 Å². The van der Waals surface area contributed by atoms with E-state index >= 15 is 0 Å². The van der Waals surface area contributed by atoms with Crippen molar-refractivity contribution in [3.8, 4) is 11.3 Å². The number of carbonyl (C=O) groups is 2. The number of Topliss-reactive ketones (excluding diaryl/α,β-unsaturated/α-hetero) is 1. The molecule has 0 radical (unpaired) electrons. The van der Waals surface area contributed by atoms with Crippen molar-refractivity contribution in [3.05, 3.63) is 66.7 Å². The molecule has 0 aliphatic heterocycles. The van der Waals surface area contributed by atoms with E-state index in [4.69, 9.17) is 4.42 Å². The van der Waals surface area contributed by atoms with Crippen molar-refractivity contribution >= 4 is 27.4 Å². The van der Waals surface area contributed by atoms with E-state index in [1.807, 2.05) is 6.07 Å². The number of aromatic nitrogens is 1. The summed E-state index contributed by atoms with van der Waals surface area (Å²) in [6.07, 6.45) is 2.84. The molecule has 0 aliphatic rings. The van der Waals surface area contributed by atoms with E-state index < -0.39 is 10.0 Å².